The van der Waals surface area contributed by atoms with Crippen molar-refractivity contribution in [1.82, 2.24) is 0 Å². The predicted molar refractivity (Wildman–Crippen MR) is 121 cm³/mol. The van der Waals surface area contributed by atoms with Crippen molar-refractivity contribution in [2.75, 3.05) is 22.9 Å². The zero-order valence-corrected chi connectivity index (χ0v) is 15.9. The van der Waals surface area contributed by atoms with Crippen molar-refractivity contribution < 1.29 is 0 Å². The normalized spacial score (nSPS) is 13.7. The highest BCUT2D eigenvalue weighted by atomic mass is 14.7. The Kier molecular flexibility index (Phi) is 3.58. The van der Waals surface area contributed by atoms with Crippen LogP contribution < -0.4 is 22.9 Å². The van der Waals surface area contributed by atoms with Crippen molar-refractivity contribution >= 4 is 22.7 Å². The summed E-state index contributed by atoms with van der Waals surface area (Å²) in [4.78, 5) is 0. The van der Waals surface area contributed by atoms with Gasteiger partial charge in [-0.1, -0.05) is 60.7 Å². The second kappa shape index (κ2) is 6.04. The van der Waals surface area contributed by atoms with Gasteiger partial charge in [-0.25, -0.2) is 0 Å². The molecule has 4 aromatic carbocycles. The van der Waals surface area contributed by atoms with E-state index >= 15 is 0 Å². The molecule has 0 aliphatic heterocycles. The van der Waals surface area contributed by atoms with Gasteiger partial charge in [-0.3, -0.25) is 0 Å². The number of nitrogen functional groups attached to an aromatic ring is 4. The summed E-state index contributed by atoms with van der Waals surface area (Å²) in [6.45, 7) is 0. The first-order chi connectivity index (χ1) is 14.0. The molecule has 0 atom stereocenters. The van der Waals surface area contributed by atoms with Gasteiger partial charge in [0.05, 0.1) is 28.2 Å². The summed E-state index contributed by atoms with van der Waals surface area (Å²) in [6, 6.07) is 28.8. The topological polar surface area (TPSA) is 104 Å². The van der Waals surface area contributed by atoms with Gasteiger partial charge in [-0.15, -0.1) is 0 Å². The molecule has 5 rings (SSSR count). The SMILES string of the molecule is Nc1ccc(C2(c3ccc(N)c(N)c3)c3ccccc3-c3ccccc32)cc1N. The van der Waals surface area contributed by atoms with Gasteiger partial charge in [-0.2, -0.15) is 0 Å². The van der Waals surface area contributed by atoms with Crippen molar-refractivity contribution in [3.05, 3.63) is 107 Å². The van der Waals surface area contributed by atoms with Gasteiger partial charge >= 0.3 is 0 Å². The first-order valence-electron chi connectivity index (χ1n) is 9.54. The van der Waals surface area contributed by atoms with Gasteiger partial charge in [0.15, 0.2) is 0 Å². The van der Waals surface area contributed by atoms with E-state index in [9.17, 15) is 0 Å². The number of benzene rings is 4. The summed E-state index contributed by atoms with van der Waals surface area (Å²) >= 11 is 0. The molecule has 0 radical (unpaired) electrons. The molecular weight excluding hydrogens is 356 g/mol. The van der Waals surface area contributed by atoms with Crippen molar-refractivity contribution in [3.8, 4) is 11.1 Å². The molecule has 8 N–H and O–H groups in total. The molecule has 0 heterocycles. The highest BCUT2D eigenvalue weighted by molar-refractivity contribution is 5.87. The van der Waals surface area contributed by atoms with Crippen LogP contribution in [-0.2, 0) is 5.41 Å². The minimum Gasteiger partial charge on any atom is -0.397 e. The number of rotatable bonds is 2. The largest absolute Gasteiger partial charge is 0.397 e. The third-order valence-corrected chi connectivity index (χ3v) is 5.99. The number of fused-ring (bicyclic) bond motifs is 3. The molecule has 0 bridgehead atoms. The molecule has 142 valence electrons. The average molecular weight is 378 g/mol. The molecule has 4 heteroatoms. The van der Waals surface area contributed by atoms with Gasteiger partial charge in [0, 0.05) is 0 Å². The van der Waals surface area contributed by atoms with Crippen LogP contribution in [0.4, 0.5) is 22.7 Å². The van der Waals surface area contributed by atoms with Crippen molar-refractivity contribution in [1.29, 1.82) is 0 Å². The molecule has 1 aliphatic carbocycles. The minimum absolute atomic E-state index is 0.559. The van der Waals surface area contributed by atoms with Crippen LogP contribution in [0.15, 0.2) is 84.9 Å². The highest BCUT2D eigenvalue weighted by Gasteiger charge is 2.46. The highest BCUT2D eigenvalue weighted by Crippen LogP contribution is 2.56. The van der Waals surface area contributed by atoms with E-state index in [4.69, 9.17) is 22.9 Å². The maximum Gasteiger partial charge on any atom is 0.0715 e. The summed E-state index contributed by atoms with van der Waals surface area (Å²) in [5.41, 5.74) is 33.2. The van der Waals surface area contributed by atoms with Crippen LogP contribution >= 0.6 is 0 Å². The fraction of sp³-hybridized carbons (Fsp3) is 0.0400. The van der Waals surface area contributed by atoms with E-state index in [1.54, 1.807) is 0 Å². The summed E-state index contributed by atoms with van der Waals surface area (Å²) in [7, 11) is 0. The number of anilines is 4. The Hall–Kier alpha value is -3.92. The van der Waals surface area contributed by atoms with Gasteiger partial charge in [0.2, 0.25) is 0 Å². The fourth-order valence-corrected chi connectivity index (χ4v) is 4.64. The molecule has 0 amide bonds. The number of hydrogen-bond donors (Lipinski definition) is 4. The quantitative estimate of drug-likeness (QED) is 0.342. The van der Waals surface area contributed by atoms with Gasteiger partial charge in [-0.05, 0) is 57.6 Å². The lowest BCUT2D eigenvalue weighted by Gasteiger charge is -2.34. The van der Waals surface area contributed by atoms with Crippen LogP contribution in [0, 0.1) is 0 Å². The Balaban J connectivity index is 1.97. The lowest BCUT2D eigenvalue weighted by molar-refractivity contribution is 0.770. The fourth-order valence-electron chi connectivity index (χ4n) is 4.64. The maximum absolute atomic E-state index is 6.25. The van der Waals surface area contributed by atoms with Gasteiger partial charge < -0.3 is 22.9 Å². The summed E-state index contributed by atoms with van der Waals surface area (Å²) in [5, 5.41) is 0. The Morgan fingerprint density at radius 3 is 1.28 bits per heavy atom. The van der Waals surface area contributed by atoms with Crippen LogP contribution in [-0.4, -0.2) is 0 Å². The smallest absolute Gasteiger partial charge is 0.0715 e. The van der Waals surface area contributed by atoms with Crippen LogP contribution in [0.1, 0.15) is 22.3 Å². The lowest BCUT2D eigenvalue weighted by Crippen LogP contribution is -2.29. The van der Waals surface area contributed by atoms with E-state index in [0.29, 0.717) is 22.7 Å². The molecule has 4 nitrogen and oxygen atoms in total. The first kappa shape index (κ1) is 17.2. The zero-order valence-electron chi connectivity index (χ0n) is 15.9. The molecule has 29 heavy (non-hydrogen) atoms. The van der Waals surface area contributed by atoms with E-state index in [1.165, 1.54) is 22.3 Å². The molecule has 0 aromatic heterocycles. The Bertz CT molecular complexity index is 1160. The maximum atomic E-state index is 6.25. The molecule has 1 aliphatic rings. The first-order valence-corrected chi connectivity index (χ1v) is 9.54. The van der Waals surface area contributed by atoms with Crippen LogP contribution in [0.2, 0.25) is 0 Å². The molecular formula is C25H22N4. The molecule has 0 saturated heterocycles. The third-order valence-electron chi connectivity index (χ3n) is 5.99. The summed E-state index contributed by atoms with van der Waals surface area (Å²) < 4.78 is 0. The molecule has 0 fully saturated rings. The number of nitrogens with two attached hydrogens (primary N) is 4. The molecule has 0 unspecified atom stereocenters. The molecule has 0 saturated carbocycles. The Morgan fingerprint density at radius 2 is 0.862 bits per heavy atom. The van der Waals surface area contributed by atoms with Crippen LogP contribution in [0.5, 0.6) is 0 Å². The zero-order chi connectivity index (χ0) is 20.2. The third kappa shape index (κ3) is 2.26. The van der Waals surface area contributed by atoms with Crippen molar-refractivity contribution in [2.24, 2.45) is 0 Å². The van der Waals surface area contributed by atoms with Gasteiger partial charge in [0.25, 0.3) is 0 Å². The Labute approximate surface area is 169 Å². The summed E-state index contributed by atoms with van der Waals surface area (Å²) in [5.74, 6) is 0. The molecule has 0 spiro atoms. The van der Waals surface area contributed by atoms with Crippen molar-refractivity contribution in [3.63, 3.8) is 0 Å². The van der Waals surface area contributed by atoms with E-state index in [1.807, 2.05) is 24.3 Å². The minimum atomic E-state index is -0.559. The predicted octanol–water partition coefficient (Wildman–Crippen LogP) is 4.38. The van der Waals surface area contributed by atoms with Gasteiger partial charge in [0.1, 0.15) is 0 Å². The van der Waals surface area contributed by atoms with Crippen molar-refractivity contribution in [2.45, 2.75) is 5.41 Å². The molecule has 4 aromatic rings. The monoisotopic (exact) mass is 378 g/mol. The van der Waals surface area contributed by atoms with Crippen LogP contribution in [0.3, 0.4) is 0 Å². The van der Waals surface area contributed by atoms with E-state index in [2.05, 4.69) is 60.7 Å². The average Bonchev–Trinajstić information content (AvgIpc) is 3.04. The number of hydrogen-bond acceptors (Lipinski definition) is 4. The van der Waals surface area contributed by atoms with Crippen LogP contribution in [0.25, 0.3) is 11.1 Å². The second-order valence-electron chi connectivity index (χ2n) is 7.53. The second-order valence-corrected chi connectivity index (χ2v) is 7.53. The Morgan fingerprint density at radius 1 is 0.448 bits per heavy atom. The summed E-state index contributed by atoms with van der Waals surface area (Å²) in [6.07, 6.45) is 0. The van der Waals surface area contributed by atoms with E-state index < -0.39 is 5.41 Å². The van der Waals surface area contributed by atoms with E-state index in [-0.39, 0.29) is 0 Å². The van der Waals surface area contributed by atoms with E-state index in [0.717, 1.165) is 11.1 Å². The standard InChI is InChI=1S/C25H22N4/c26-21-11-9-15(13-23(21)28)25(16-10-12-22(27)24(29)14-16)19-7-3-1-5-17(19)18-6-2-4-8-20(18)25/h1-14H,26-29H2. The lowest BCUT2D eigenvalue weighted by atomic mass is 9.67.